The van der Waals surface area contributed by atoms with Crippen LogP contribution in [0.4, 0.5) is 18.9 Å². The number of rotatable bonds is 3. The zero-order valence-corrected chi connectivity index (χ0v) is 17.3. The first kappa shape index (κ1) is 21.2. The zero-order valence-electron chi connectivity index (χ0n) is 17.3. The summed E-state index contributed by atoms with van der Waals surface area (Å²) in [7, 11) is 1.49. The topological polar surface area (TPSA) is 74.3 Å². The average Bonchev–Trinajstić information content (AvgIpc) is 2.70. The van der Waals surface area contributed by atoms with E-state index in [1.807, 2.05) is 0 Å². The molecule has 2 atom stereocenters. The molecule has 2 unspecified atom stereocenters. The van der Waals surface area contributed by atoms with Gasteiger partial charge in [0.25, 0.3) is 5.56 Å². The van der Waals surface area contributed by atoms with Crippen LogP contribution in [-0.2, 0) is 5.41 Å². The summed E-state index contributed by atoms with van der Waals surface area (Å²) in [5.74, 6) is 0.528. The Hall–Kier alpha value is -3.00. The number of fused-ring (bicyclic) bond motifs is 2. The van der Waals surface area contributed by atoms with Gasteiger partial charge in [0, 0.05) is 22.7 Å². The summed E-state index contributed by atoms with van der Waals surface area (Å²) in [6.07, 6.45) is -3.98. The molecule has 8 heteroatoms. The Bertz CT molecular complexity index is 1200. The van der Waals surface area contributed by atoms with Gasteiger partial charge in [-0.15, -0.1) is 0 Å². The van der Waals surface area contributed by atoms with Gasteiger partial charge >= 0.3 is 6.18 Å². The molecule has 1 heterocycles. The quantitative estimate of drug-likeness (QED) is 0.563. The van der Waals surface area contributed by atoms with Crippen molar-refractivity contribution in [1.29, 1.82) is 0 Å². The van der Waals surface area contributed by atoms with Crippen molar-refractivity contribution in [3.8, 4) is 5.75 Å². The number of aromatic amines is 1. The van der Waals surface area contributed by atoms with E-state index in [9.17, 15) is 23.1 Å². The van der Waals surface area contributed by atoms with Crippen LogP contribution in [0.15, 0.2) is 53.5 Å². The van der Waals surface area contributed by atoms with Gasteiger partial charge in [0.15, 0.2) is 5.60 Å². The largest absolute Gasteiger partial charge is 0.497 e. The normalized spacial score (nSPS) is 22.7. The number of benzene rings is 2. The molecule has 0 radical (unpaired) electrons. The highest BCUT2D eigenvalue weighted by atomic mass is 19.4. The van der Waals surface area contributed by atoms with Crippen LogP contribution in [0.2, 0.25) is 0 Å². The van der Waals surface area contributed by atoms with E-state index in [0.29, 0.717) is 33.3 Å². The lowest BCUT2D eigenvalue weighted by atomic mass is 9.63. The van der Waals surface area contributed by atoms with Gasteiger partial charge in [0.1, 0.15) is 5.75 Å². The van der Waals surface area contributed by atoms with Crippen molar-refractivity contribution in [3.05, 3.63) is 70.1 Å². The number of ether oxygens (including phenoxy) is 1. The summed E-state index contributed by atoms with van der Waals surface area (Å²) < 4.78 is 48.1. The molecular formula is C23H23F3N2O3. The summed E-state index contributed by atoms with van der Waals surface area (Å²) in [6, 6.07) is 9.78. The molecule has 0 spiro atoms. The number of aliphatic hydroxyl groups is 1. The lowest BCUT2D eigenvalue weighted by Gasteiger charge is -2.49. The fourth-order valence-corrected chi connectivity index (χ4v) is 4.59. The molecule has 0 saturated heterocycles. The second-order valence-electron chi connectivity index (χ2n) is 8.59. The Kier molecular flexibility index (Phi) is 4.81. The van der Waals surface area contributed by atoms with Crippen molar-refractivity contribution in [2.75, 3.05) is 12.4 Å². The molecule has 1 aliphatic carbocycles. The third-order valence-electron chi connectivity index (χ3n) is 6.10. The number of aromatic nitrogens is 1. The van der Waals surface area contributed by atoms with Crippen molar-refractivity contribution in [1.82, 2.24) is 4.98 Å². The van der Waals surface area contributed by atoms with Gasteiger partial charge in [0.05, 0.1) is 13.2 Å². The molecular weight excluding hydrogens is 409 g/mol. The summed E-state index contributed by atoms with van der Waals surface area (Å²) in [5.41, 5.74) is -3.00. The van der Waals surface area contributed by atoms with Crippen LogP contribution in [0.25, 0.3) is 10.8 Å². The average molecular weight is 432 g/mol. The Morgan fingerprint density at radius 3 is 2.58 bits per heavy atom. The number of hydrogen-bond acceptors (Lipinski definition) is 4. The number of anilines is 1. The molecule has 3 aromatic rings. The molecule has 0 fully saturated rings. The molecule has 0 saturated carbocycles. The Morgan fingerprint density at radius 2 is 1.90 bits per heavy atom. The molecule has 4 rings (SSSR count). The molecule has 0 aliphatic heterocycles. The smallest absolute Gasteiger partial charge is 0.419 e. The highest BCUT2D eigenvalue weighted by Crippen LogP contribution is 2.55. The maximum absolute atomic E-state index is 14.3. The van der Waals surface area contributed by atoms with Crippen molar-refractivity contribution >= 4 is 16.5 Å². The number of pyridine rings is 1. The van der Waals surface area contributed by atoms with E-state index in [1.54, 1.807) is 56.3 Å². The molecule has 0 amide bonds. The van der Waals surface area contributed by atoms with Crippen LogP contribution in [0.3, 0.4) is 0 Å². The zero-order chi connectivity index (χ0) is 22.6. The Morgan fingerprint density at radius 1 is 1.16 bits per heavy atom. The number of methoxy groups -OCH3 is 1. The predicted molar refractivity (Wildman–Crippen MR) is 113 cm³/mol. The minimum Gasteiger partial charge on any atom is -0.497 e. The Labute approximate surface area is 176 Å². The first-order valence-electron chi connectivity index (χ1n) is 9.82. The standard InChI is InChI=1S/C23H23F3N2O3/c1-21(2)12-22(30,23(24,25)26)19(16-8-7-13(31-3)11-17(16)21)28-18-6-4-5-15-14(18)9-10-27-20(15)29/h4-11,19,28,30H,12H2,1-3H3,(H,27,29). The van der Waals surface area contributed by atoms with Crippen molar-refractivity contribution < 1.29 is 23.0 Å². The fourth-order valence-electron chi connectivity index (χ4n) is 4.59. The van der Waals surface area contributed by atoms with E-state index >= 15 is 0 Å². The number of H-pyrrole nitrogens is 1. The highest BCUT2D eigenvalue weighted by Gasteiger charge is 2.63. The van der Waals surface area contributed by atoms with Crippen LogP contribution in [0, 0.1) is 0 Å². The maximum atomic E-state index is 14.3. The third kappa shape index (κ3) is 3.35. The fraction of sp³-hybridized carbons (Fsp3) is 0.348. The van der Waals surface area contributed by atoms with E-state index in [4.69, 9.17) is 4.74 Å². The van der Waals surface area contributed by atoms with Gasteiger partial charge in [-0.05, 0) is 53.3 Å². The predicted octanol–water partition coefficient (Wildman–Crippen LogP) is 4.66. The highest BCUT2D eigenvalue weighted by molar-refractivity contribution is 5.93. The summed E-state index contributed by atoms with van der Waals surface area (Å²) in [6.45, 7) is 3.35. The second kappa shape index (κ2) is 7.02. The third-order valence-corrected chi connectivity index (χ3v) is 6.10. The molecule has 5 nitrogen and oxygen atoms in total. The molecule has 3 N–H and O–H groups in total. The van der Waals surface area contributed by atoms with Crippen LogP contribution >= 0.6 is 0 Å². The van der Waals surface area contributed by atoms with Crippen LogP contribution in [-0.4, -0.2) is 29.0 Å². The molecule has 31 heavy (non-hydrogen) atoms. The number of hydrogen-bond donors (Lipinski definition) is 3. The van der Waals surface area contributed by atoms with Gasteiger partial charge < -0.3 is 20.1 Å². The lowest BCUT2D eigenvalue weighted by molar-refractivity contribution is -0.275. The van der Waals surface area contributed by atoms with Gasteiger partial charge in [0.2, 0.25) is 0 Å². The van der Waals surface area contributed by atoms with Crippen molar-refractivity contribution in [3.63, 3.8) is 0 Å². The van der Waals surface area contributed by atoms with Gasteiger partial charge in [-0.2, -0.15) is 13.2 Å². The van der Waals surface area contributed by atoms with Crippen LogP contribution in [0.5, 0.6) is 5.75 Å². The number of nitrogens with one attached hydrogen (secondary N) is 2. The Balaban J connectivity index is 1.94. The van der Waals surface area contributed by atoms with Crippen molar-refractivity contribution in [2.45, 2.75) is 43.5 Å². The summed E-state index contributed by atoms with van der Waals surface area (Å²) in [5, 5.41) is 14.8. The summed E-state index contributed by atoms with van der Waals surface area (Å²) >= 11 is 0. The SMILES string of the molecule is COc1ccc2c(c1)C(C)(C)CC(O)(C(F)(F)F)C2Nc1cccc2c(=O)[nH]ccc12. The first-order chi connectivity index (χ1) is 14.5. The van der Waals surface area contributed by atoms with E-state index in [0.717, 1.165) is 0 Å². The maximum Gasteiger partial charge on any atom is 0.419 e. The first-order valence-corrected chi connectivity index (χ1v) is 9.82. The van der Waals surface area contributed by atoms with E-state index in [1.165, 1.54) is 13.3 Å². The lowest BCUT2D eigenvalue weighted by Crippen LogP contribution is -2.58. The molecule has 164 valence electrons. The van der Waals surface area contributed by atoms with E-state index in [-0.39, 0.29) is 5.56 Å². The van der Waals surface area contributed by atoms with Crippen LogP contribution < -0.4 is 15.6 Å². The number of halogens is 3. The minimum atomic E-state index is -4.89. The van der Waals surface area contributed by atoms with Gasteiger partial charge in [-0.3, -0.25) is 4.79 Å². The molecule has 0 bridgehead atoms. The van der Waals surface area contributed by atoms with E-state index < -0.39 is 29.7 Å². The molecule has 2 aromatic carbocycles. The number of alkyl halides is 3. The molecule has 1 aromatic heterocycles. The molecule has 1 aliphatic rings. The minimum absolute atomic E-state index is 0.331. The van der Waals surface area contributed by atoms with E-state index in [2.05, 4.69) is 10.3 Å². The van der Waals surface area contributed by atoms with Gasteiger partial charge in [-0.25, -0.2) is 0 Å². The monoisotopic (exact) mass is 432 g/mol. The second-order valence-corrected chi connectivity index (χ2v) is 8.59. The summed E-state index contributed by atoms with van der Waals surface area (Å²) in [4.78, 5) is 14.7. The van der Waals surface area contributed by atoms with Crippen LogP contribution in [0.1, 0.15) is 37.4 Å². The van der Waals surface area contributed by atoms with Gasteiger partial charge in [-0.1, -0.05) is 26.0 Å². The van der Waals surface area contributed by atoms with Crippen molar-refractivity contribution in [2.24, 2.45) is 0 Å².